The van der Waals surface area contributed by atoms with Gasteiger partial charge < -0.3 is 10.2 Å². The molecule has 4 heteroatoms. The Hall–Kier alpha value is -2.85. The van der Waals surface area contributed by atoms with Crippen LogP contribution in [-0.4, -0.2) is 4.98 Å². The first-order valence-corrected chi connectivity index (χ1v) is 6.62. The molecule has 0 unspecified atom stereocenters. The third kappa shape index (κ3) is 3.01. The SMILES string of the molecule is NNc1cc(Oc2ccccc2-c2ccccc2)ccn1. The standard InChI is InChI=1S/C17H15N3O/c18-20-17-12-14(10-11-19-17)21-16-9-5-4-8-15(16)13-6-2-1-3-7-13/h1-12H,18H2,(H,19,20). The van der Waals surface area contributed by atoms with Crippen LogP contribution in [0, 0.1) is 0 Å². The van der Waals surface area contributed by atoms with E-state index in [4.69, 9.17) is 10.6 Å². The smallest absolute Gasteiger partial charge is 0.143 e. The van der Waals surface area contributed by atoms with Crippen LogP contribution in [0.5, 0.6) is 11.5 Å². The van der Waals surface area contributed by atoms with Crippen LogP contribution in [0.2, 0.25) is 0 Å². The topological polar surface area (TPSA) is 60.2 Å². The van der Waals surface area contributed by atoms with E-state index in [-0.39, 0.29) is 0 Å². The molecule has 0 aliphatic rings. The zero-order valence-corrected chi connectivity index (χ0v) is 11.4. The third-order valence-electron chi connectivity index (χ3n) is 3.08. The van der Waals surface area contributed by atoms with E-state index in [1.165, 1.54) is 0 Å². The number of pyridine rings is 1. The summed E-state index contributed by atoms with van der Waals surface area (Å²) >= 11 is 0. The normalized spacial score (nSPS) is 10.1. The lowest BCUT2D eigenvalue weighted by molar-refractivity contribution is 0.484. The quantitative estimate of drug-likeness (QED) is 0.562. The van der Waals surface area contributed by atoms with Gasteiger partial charge in [0, 0.05) is 17.8 Å². The van der Waals surface area contributed by atoms with Crippen LogP contribution in [0.4, 0.5) is 5.82 Å². The summed E-state index contributed by atoms with van der Waals surface area (Å²) in [6, 6.07) is 21.6. The predicted molar refractivity (Wildman–Crippen MR) is 84.0 cm³/mol. The van der Waals surface area contributed by atoms with Gasteiger partial charge in [-0.2, -0.15) is 0 Å². The Balaban J connectivity index is 1.96. The first-order chi connectivity index (χ1) is 10.4. The zero-order valence-electron chi connectivity index (χ0n) is 11.4. The molecule has 2 aromatic carbocycles. The van der Waals surface area contributed by atoms with Gasteiger partial charge in [0.25, 0.3) is 0 Å². The molecule has 0 radical (unpaired) electrons. The van der Waals surface area contributed by atoms with Crippen molar-refractivity contribution in [2.75, 3.05) is 5.43 Å². The second-order valence-corrected chi connectivity index (χ2v) is 4.49. The largest absolute Gasteiger partial charge is 0.457 e. The van der Waals surface area contributed by atoms with Crippen molar-refractivity contribution in [1.29, 1.82) is 0 Å². The van der Waals surface area contributed by atoms with E-state index in [9.17, 15) is 0 Å². The number of nitrogens with one attached hydrogen (secondary N) is 1. The van der Waals surface area contributed by atoms with Crippen LogP contribution >= 0.6 is 0 Å². The Kier molecular flexibility index (Phi) is 3.80. The predicted octanol–water partition coefficient (Wildman–Crippen LogP) is 3.83. The Morgan fingerprint density at radius 2 is 1.67 bits per heavy atom. The molecular weight excluding hydrogens is 262 g/mol. The number of benzene rings is 2. The van der Waals surface area contributed by atoms with E-state index in [0.717, 1.165) is 16.9 Å². The molecule has 3 rings (SSSR count). The van der Waals surface area contributed by atoms with Crippen molar-refractivity contribution in [3.8, 4) is 22.6 Å². The summed E-state index contributed by atoms with van der Waals surface area (Å²) < 4.78 is 5.97. The Labute approximate surface area is 123 Å². The van der Waals surface area contributed by atoms with Crippen molar-refractivity contribution in [1.82, 2.24) is 4.98 Å². The van der Waals surface area contributed by atoms with Crippen LogP contribution in [0.3, 0.4) is 0 Å². The minimum atomic E-state index is 0.560. The molecule has 0 saturated heterocycles. The van der Waals surface area contributed by atoms with Gasteiger partial charge in [0.1, 0.15) is 17.3 Å². The molecule has 4 nitrogen and oxygen atoms in total. The molecule has 0 fully saturated rings. The van der Waals surface area contributed by atoms with Crippen molar-refractivity contribution < 1.29 is 4.74 Å². The third-order valence-corrected chi connectivity index (χ3v) is 3.08. The number of hydrazine groups is 1. The van der Waals surface area contributed by atoms with Gasteiger partial charge in [0.05, 0.1) is 0 Å². The highest BCUT2D eigenvalue weighted by molar-refractivity contribution is 5.70. The lowest BCUT2D eigenvalue weighted by Crippen LogP contribution is -2.08. The van der Waals surface area contributed by atoms with Crippen molar-refractivity contribution in [2.45, 2.75) is 0 Å². The number of hydrogen-bond acceptors (Lipinski definition) is 4. The van der Waals surface area contributed by atoms with E-state index >= 15 is 0 Å². The van der Waals surface area contributed by atoms with Crippen LogP contribution in [0.15, 0.2) is 72.9 Å². The highest BCUT2D eigenvalue weighted by Crippen LogP contribution is 2.33. The van der Waals surface area contributed by atoms with E-state index in [1.807, 2.05) is 42.5 Å². The van der Waals surface area contributed by atoms with E-state index in [1.54, 1.807) is 18.3 Å². The van der Waals surface area contributed by atoms with Crippen LogP contribution in [0.1, 0.15) is 0 Å². The average molecular weight is 277 g/mol. The summed E-state index contributed by atoms with van der Waals surface area (Å²) in [5.41, 5.74) is 4.66. The molecule has 0 atom stereocenters. The molecule has 1 aromatic heterocycles. The minimum absolute atomic E-state index is 0.560. The van der Waals surface area contributed by atoms with Gasteiger partial charge in [0.15, 0.2) is 0 Å². The van der Waals surface area contributed by atoms with Crippen molar-refractivity contribution in [3.63, 3.8) is 0 Å². The van der Waals surface area contributed by atoms with Crippen molar-refractivity contribution in [3.05, 3.63) is 72.9 Å². The number of rotatable bonds is 4. The molecular formula is C17H15N3O. The van der Waals surface area contributed by atoms with Gasteiger partial charge >= 0.3 is 0 Å². The lowest BCUT2D eigenvalue weighted by Gasteiger charge is -2.11. The average Bonchev–Trinajstić information content (AvgIpc) is 2.56. The number of para-hydroxylation sites is 1. The number of hydrogen-bond donors (Lipinski definition) is 2. The highest BCUT2D eigenvalue weighted by Gasteiger charge is 2.07. The molecule has 0 saturated carbocycles. The first kappa shape index (κ1) is 13.1. The van der Waals surface area contributed by atoms with Gasteiger partial charge in [-0.25, -0.2) is 10.8 Å². The number of ether oxygens (including phenoxy) is 1. The molecule has 0 bridgehead atoms. The van der Waals surface area contributed by atoms with Gasteiger partial charge in [-0.3, -0.25) is 0 Å². The molecule has 0 aliphatic heterocycles. The molecule has 104 valence electrons. The first-order valence-electron chi connectivity index (χ1n) is 6.62. The van der Waals surface area contributed by atoms with Crippen molar-refractivity contribution in [2.24, 2.45) is 5.84 Å². The lowest BCUT2D eigenvalue weighted by atomic mass is 10.1. The van der Waals surface area contributed by atoms with Gasteiger partial charge in [-0.05, 0) is 17.7 Å². The molecule has 1 heterocycles. The van der Waals surface area contributed by atoms with Gasteiger partial charge in [-0.15, -0.1) is 0 Å². The number of anilines is 1. The minimum Gasteiger partial charge on any atom is -0.457 e. The van der Waals surface area contributed by atoms with Crippen LogP contribution in [0.25, 0.3) is 11.1 Å². The van der Waals surface area contributed by atoms with E-state index in [2.05, 4.69) is 22.5 Å². The second-order valence-electron chi connectivity index (χ2n) is 4.49. The molecule has 3 N–H and O–H groups in total. The summed E-state index contributed by atoms with van der Waals surface area (Å²) in [4.78, 5) is 4.06. The summed E-state index contributed by atoms with van der Waals surface area (Å²) in [5.74, 6) is 7.40. The Morgan fingerprint density at radius 1 is 0.905 bits per heavy atom. The zero-order chi connectivity index (χ0) is 14.5. The summed E-state index contributed by atoms with van der Waals surface area (Å²) in [7, 11) is 0. The number of nitrogen functional groups attached to an aromatic ring is 1. The highest BCUT2D eigenvalue weighted by atomic mass is 16.5. The number of nitrogens with two attached hydrogens (primary N) is 1. The molecule has 0 amide bonds. The van der Waals surface area contributed by atoms with Crippen LogP contribution in [-0.2, 0) is 0 Å². The maximum Gasteiger partial charge on any atom is 0.143 e. The summed E-state index contributed by atoms with van der Waals surface area (Å²) in [5, 5.41) is 0. The molecule has 0 aliphatic carbocycles. The van der Waals surface area contributed by atoms with Gasteiger partial charge in [0.2, 0.25) is 0 Å². The molecule has 0 spiro atoms. The van der Waals surface area contributed by atoms with E-state index in [0.29, 0.717) is 11.6 Å². The maximum atomic E-state index is 5.97. The summed E-state index contributed by atoms with van der Waals surface area (Å²) in [6.07, 6.45) is 1.65. The molecule has 3 aromatic rings. The van der Waals surface area contributed by atoms with Gasteiger partial charge in [-0.1, -0.05) is 48.5 Å². The molecule has 21 heavy (non-hydrogen) atoms. The van der Waals surface area contributed by atoms with Crippen molar-refractivity contribution >= 4 is 5.82 Å². The Morgan fingerprint density at radius 3 is 2.48 bits per heavy atom. The fourth-order valence-corrected chi connectivity index (χ4v) is 2.09. The number of aromatic nitrogens is 1. The monoisotopic (exact) mass is 277 g/mol. The Bertz CT molecular complexity index is 729. The summed E-state index contributed by atoms with van der Waals surface area (Å²) in [6.45, 7) is 0. The fourth-order valence-electron chi connectivity index (χ4n) is 2.09. The fraction of sp³-hybridized carbons (Fsp3) is 0. The van der Waals surface area contributed by atoms with E-state index < -0.39 is 0 Å². The maximum absolute atomic E-state index is 5.97. The van der Waals surface area contributed by atoms with Crippen LogP contribution < -0.4 is 16.0 Å². The number of nitrogens with zero attached hydrogens (tertiary/aromatic N) is 1. The second kappa shape index (κ2) is 6.07.